The molecule has 1 aliphatic heterocycles. The van der Waals surface area contributed by atoms with E-state index in [1.54, 1.807) is 12.1 Å². The molecule has 0 N–H and O–H groups in total. The maximum Gasteiger partial charge on any atom is 0.269 e. The van der Waals surface area contributed by atoms with Crippen molar-refractivity contribution in [1.82, 2.24) is 25.1 Å². The van der Waals surface area contributed by atoms with E-state index in [-0.39, 0.29) is 10.6 Å². The van der Waals surface area contributed by atoms with Crippen LogP contribution in [0.25, 0.3) is 0 Å². The number of tetrazole rings is 1. The molecule has 0 amide bonds. The van der Waals surface area contributed by atoms with Crippen LogP contribution in [0.5, 0.6) is 0 Å². The molecule has 0 unspecified atom stereocenters. The van der Waals surface area contributed by atoms with Crippen molar-refractivity contribution >= 4 is 11.4 Å². The fourth-order valence-electron chi connectivity index (χ4n) is 3.90. The highest BCUT2D eigenvalue weighted by Gasteiger charge is 2.24. The van der Waals surface area contributed by atoms with Crippen LogP contribution in [0, 0.1) is 10.1 Å². The third kappa shape index (κ3) is 3.52. The first-order chi connectivity index (χ1) is 12.7. The van der Waals surface area contributed by atoms with Gasteiger partial charge in [-0.25, -0.2) is 4.68 Å². The molecular formula is C17H23N7O2. The molecule has 4 rings (SSSR count). The number of aromatic nitrogens is 4. The molecular weight excluding hydrogens is 334 g/mol. The molecule has 9 heteroatoms. The zero-order valence-corrected chi connectivity index (χ0v) is 14.7. The van der Waals surface area contributed by atoms with E-state index < -0.39 is 0 Å². The lowest BCUT2D eigenvalue weighted by Crippen LogP contribution is -2.46. The number of nitro groups is 1. The first-order valence-corrected chi connectivity index (χ1v) is 9.19. The summed E-state index contributed by atoms with van der Waals surface area (Å²) in [5, 5.41) is 23.1. The Hall–Kier alpha value is -2.55. The topological polar surface area (TPSA) is 93.2 Å². The zero-order valence-electron chi connectivity index (χ0n) is 14.7. The molecule has 0 radical (unpaired) electrons. The Morgan fingerprint density at radius 1 is 1.08 bits per heavy atom. The Bertz CT molecular complexity index is 747. The Kier molecular flexibility index (Phi) is 4.79. The molecule has 138 valence electrons. The van der Waals surface area contributed by atoms with Crippen molar-refractivity contribution in [3.8, 4) is 0 Å². The average Bonchev–Trinajstić information content (AvgIpc) is 3.34. The van der Waals surface area contributed by atoms with Crippen molar-refractivity contribution in [1.29, 1.82) is 0 Å². The molecule has 1 aromatic carbocycles. The third-order valence-electron chi connectivity index (χ3n) is 5.39. The summed E-state index contributed by atoms with van der Waals surface area (Å²) >= 11 is 0. The van der Waals surface area contributed by atoms with Crippen LogP contribution in [-0.4, -0.2) is 56.2 Å². The standard InChI is InChI=1S/C17H23N7O2/c25-24(26)16-7-5-14(6-8-16)22-11-9-21(10-12-22)13-17-18-19-20-23(17)15-3-1-2-4-15/h5-8,15H,1-4,9-13H2. The summed E-state index contributed by atoms with van der Waals surface area (Å²) < 4.78 is 2.02. The van der Waals surface area contributed by atoms with E-state index in [1.165, 1.54) is 25.7 Å². The van der Waals surface area contributed by atoms with Gasteiger partial charge in [0, 0.05) is 44.0 Å². The summed E-state index contributed by atoms with van der Waals surface area (Å²) in [6, 6.07) is 7.25. The van der Waals surface area contributed by atoms with Crippen LogP contribution in [0.15, 0.2) is 24.3 Å². The third-order valence-corrected chi connectivity index (χ3v) is 5.39. The van der Waals surface area contributed by atoms with Gasteiger partial charge in [-0.1, -0.05) is 12.8 Å². The lowest BCUT2D eigenvalue weighted by atomic mass is 10.2. The molecule has 0 atom stereocenters. The van der Waals surface area contributed by atoms with Gasteiger partial charge in [0.05, 0.1) is 17.5 Å². The first-order valence-electron chi connectivity index (χ1n) is 9.19. The summed E-state index contributed by atoms with van der Waals surface area (Å²) in [4.78, 5) is 15.0. The lowest BCUT2D eigenvalue weighted by molar-refractivity contribution is -0.384. The van der Waals surface area contributed by atoms with Gasteiger partial charge >= 0.3 is 0 Å². The SMILES string of the molecule is O=[N+]([O-])c1ccc(N2CCN(Cc3nnnn3C3CCCC3)CC2)cc1. The van der Waals surface area contributed by atoms with Crippen LogP contribution in [0.2, 0.25) is 0 Å². The number of hydrogen-bond acceptors (Lipinski definition) is 7. The van der Waals surface area contributed by atoms with Crippen molar-refractivity contribution in [2.45, 2.75) is 38.3 Å². The molecule has 26 heavy (non-hydrogen) atoms. The Balaban J connectivity index is 1.34. The maximum absolute atomic E-state index is 10.8. The first kappa shape index (κ1) is 16.9. The second-order valence-corrected chi connectivity index (χ2v) is 7.01. The smallest absolute Gasteiger partial charge is 0.269 e. The predicted octanol–water partition coefficient (Wildman–Crippen LogP) is 2.02. The minimum Gasteiger partial charge on any atom is -0.369 e. The number of rotatable bonds is 5. The number of nitro benzene ring substituents is 1. The number of nitrogens with zero attached hydrogens (tertiary/aromatic N) is 7. The number of non-ortho nitro benzene ring substituents is 1. The van der Waals surface area contributed by atoms with Crippen LogP contribution < -0.4 is 4.90 Å². The number of benzene rings is 1. The van der Waals surface area contributed by atoms with Crippen molar-refractivity contribution in [2.75, 3.05) is 31.1 Å². The fourth-order valence-corrected chi connectivity index (χ4v) is 3.90. The summed E-state index contributed by atoms with van der Waals surface area (Å²) in [6.07, 6.45) is 4.87. The number of anilines is 1. The predicted molar refractivity (Wildman–Crippen MR) is 95.9 cm³/mol. The van der Waals surface area contributed by atoms with Crippen LogP contribution >= 0.6 is 0 Å². The second kappa shape index (κ2) is 7.36. The van der Waals surface area contributed by atoms with Crippen LogP contribution in [0.4, 0.5) is 11.4 Å². The number of hydrogen-bond donors (Lipinski definition) is 0. The molecule has 2 aliphatic rings. The van der Waals surface area contributed by atoms with Crippen LogP contribution in [0.1, 0.15) is 37.5 Å². The Labute approximate surface area is 151 Å². The van der Waals surface area contributed by atoms with Gasteiger partial charge in [0.2, 0.25) is 0 Å². The maximum atomic E-state index is 10.8. The van der Waals surface area contributed by atoms with Gasteiger partial charge in [-0.15, -0.1) is 5.10 Å². The van der Waals surface area contributed by atoms with Crippen molar-refractivity contribution in [3.05, 3.63) is 40.2 Å². The molecule has 0 spiro atoms. The quantitative estimate of drug-likeness (QED) is 0.597. The van der Waals surface area contributed by atoms with Gasteiger partial charge in [0.1, 0.15) is 0 Å². The summed E-state index contributed by atoms with van der Waals surface area (Å²) in [6.45, 7) is 4.41. The van der Waals surface area contributed by atoms with Gasteiger partial charge in [-0.05, 0) is 35.4 Å². The largest absolute Gasteiger partial charge is 0.369 e. The highest BCUT2D eigenvalue weighted by molar-refractivity contribution is 5.51. The van der Waals surface area contributed by atoms with Gasteiger partial charge < -0.3 is 4.90 Å². The van der Waals surface area contributed by atoms with E-state index in [0.717, 1.165) is 44.2 Å². The second-order valence-electron chi connectivity index (χ2n) is 7.01. The van der Waals surface area contributed by atoms with E-state index in [1.807, 2.05) is 16.8 Å². The van der Waals surface area contributed by atoms with Gasteiger partial charge in [-0.3, -0.25) is 15.0 Å². The van der Waals surface area contributed by atoms with Crippen molar-refractivity contribution < 1.29 is 4.92 Å². The monoisotopic (exact) mass is 357 g/mol. The summed E-state index contributed by atoms with van der Waals surface area (Å²) in [5.74, 6) is 0.959. The van der Waals surface area contributed by atoms with Crippen molar-refractivity contribution in [3.63, 3.8) is 0 Å². The fraction of sp³-hybridized carbons (Fsp3) is 0.588. The average molecular weight is 357 g/mol. The van der Waals surface area contributed by atoms with E-state index in [2.05, 4.69) is 25.3 Å². The van der Waals surface area contributed by atoms with Gasteiger partial charge in [0.25, 0.3) is 5.69 Å². The summed E-state index contributed by atoms with van der Waals surface area (Å²) in [5.41, 5.74) is 1.16. The molecule has 9 nitrogen and oxygen atoms in total. The normalized spacial score (nSPS) is 19.2. The minimum atomic E-state index is -0.365. The van der Waals surface area contributed by atoms with Gasteiger partial charge in [0.15, 0.2) is 5.82 Å². The van der Waals surface area contributed by atoms with E-state index in [0.29, 0.717) is 6.04 Å². The molecule has 1 aliphatic carbocycles. The molecule has 1 aromatic heterocycles. The molecule has 2 fully saturated rings. The van der Waals surface area contributed by atoms with Crippen LogP contribution in [0.3, 0.4) is 0 Å². The lowest BCUT2D eigenvalue weighted by Gasteiger charge is -2.35. The Morgan fingerprint density at radius 3 is 2.42 bits per heavy atom. The van der Waals surface area contributed by atoms with Crippen molar-refractivity contribution in [2.24, 2.45) is 0 Å². The zero-order chi connectivity index (χ0) is 17.9. The van der Waals surface area contributed by atoms with Crippen LogP contribution in [-0.2, 0) is 6.54 Å². The minimum absolute atomic E-state index is 0.131. The molecule has 1 saturated heterocycles. The molecule has 2 aromatic rings. The molecule has 0 bridgehead atoms. The van der Waals surface area contributed by atoms with E-state index >= 15 is 0 Å². The number of piperazine rings is 1. The highest BCUT2D eigenvalue weighted by Crippen LogP contribution is 2.29. The molecule has 2 heterocycles. The molecule has 1 saturated carbocycles. The Morgan fingerprint density at radius 2 is 1.77 bits per heavy atom. The van der Waals surface area contributed by atoms with E-state index in [9.17, 15) is 10.1 Å². The van der Waals surface area contributed by atoms with E-state index in [4.69, 9.17) is 0 Å². The highest BCUT2D eigenvalue weighted by atomic mass is 16.6. The van der Waals surface area contributed by atoms with Gasteiger partial charge in [-0.2, -0.15) is 0 Å². The summed E-state index contributed by atoms with van der Waals surface area (Å²) in [7, 11) is 0.